The first-order valence-corrected chi connectivity index (χ1v) is 8.05. The zero-order valence-corrected chi connectivity index (χ0v) is 14.6. The van der Waals surface area contributed by atoms with Crippen LogP contribution in [-0.4, -0.2) is 16.5 Å². The minimum atomic E-state index is 0.676. The predicted molar refractivity (Wildman–Crippen MR) is 92.7 cm³/mol. The fourth-order valence-electron chi connectivity index (χ4n) is 1.90. The number of hydrogen-bond acceptors (Lipinski definition) is 4. The van der Waals surface area contributed by atoms with E-state index in [0.717, 1.165) is 46.1 Å². The lowest BCUT2D eigenvalue weighted by molar-refractivity contribution is 0.930. The molecule has 0 atom stereocenters. The van der Waals surface area contributed by atoms with Crippen molar-refractivity contribution in [3.05, 3.63) is 39.1 Å². The van der Waals surface area contributed by atoms with Crippen LogP contribution in [0.4, 0.5) is 17.3 Å². The summed E-state index contributed by atoms with van der Waals surface area (Å²) >= 11 is 9.57. The van der Waals surface area contributed by atoms with Gasteiger partial charge in [0.25, 0.3) is 0 Å². The maximum atomic E-state index is 6.06. The Morgan fingerprint density at radius 3 is 2.57 bits per heavy atom. The molecule has 2 N–H and O–H groups in total. The molecule has 0 aliphatic heterocycles. The summed E-state index contributed by atoms with van der Waals surface area (Å²) in [6, 6.07) is 5.62. The summed E-state index contributed by atoms with van der Waals surface area (Å²) in [5.41, 5.74) is 1.87. The second-order valence-electron chi connectivity index (χ2n) is 4.60. The molecule has 0 fully saturated rings. The summed E-state index contributed by atoms with van der Waals surface area (Å²) in [5.74, 6) is 2.46. The van der Waals surface area contributed by atoms with Crippen LogP contribution in [0.25, 0.3) is 0 Å². The minimum Gasteiger partial charge on any atom is -0.370 e. The normalized spacial score (nSPS) is 10.5. The number of hydrogen-bond donors (Lipinski definition) is 2. The number of halogens is 2. The highest BCUT2D eigenvalue weighted by molar-refractivity contribution is 9.10. The van der Waals surface area contributed by atoms with Gasteiger partial charge in [-0.1, -0.05) is 18.5 Å². The van der Waals surface area contributed by atoms with E-state index in [-0.39, 0.29) is 0 Å². The minimum absolute atomic E-state index is 0.676. The number of aryl methyl sites for hydroxylation is 1. The van der Waals surface area contributed by atoms with Crippen molar-refractivity contribution < 1.29 is 0 Å². The topological polar surface area (TPSA) is 49.8 Å². The van der Waals surface area contributed by atoms with Gasteiger partial charge in [0.15, 0.2) is 0 Å². The number of anilines is 3. The van der Waals surface area contributed by atoms with Crippen molar-refractivity contribution in [2.24, 2.45) is 0 Å². The zero-order chi connectivity index (χ0) is 15.4. The van der Waals surface area contributed by atoms with Gasteiger partial charge in [0, 0.05) is 28.0 Å². The molecule has 2 rings (SSSR count). The van der Waals surface area contributed by atoms with E-state index in [1.165, 1.54) is 0 Å². The fourth-order valence-corrected chi connectivity index (χ4v) is 2.42. The Hall–Kier alpha value is -1.33. The Morgan fingerprint density at radius 1 is 1.19 bits per heavy atom. The Balaban J connectivity index is 2.43. The molecule has 6 heteroatoms. The van der Waals surface area contributed by atoms with Gasteiger partial charge >= 0.3 is 0 Å². The molecular formula is C15H18BrClN4. The first-order chi connectivity index (χ1) is 10.0. The maximum absolute atomic E-state index is 6.06. The summed E-state index contributed by atoms with van der Waals surface area (Å²) < 4.78 is 0.938. The van der Waals surface area contributed by atoms with Crippen LogP contribution in [0, 0.1) is 6.92 Å². The lowest BCUT2D eigenvalue weighted by Gasteiger charge is -2.15. The Morgan fingerprint density at radius 2 is 1.90 bits per heavy atom. The average molecular weight is 370 g/mol. The summed E-state index contributed by atoms with van der Waals surface area (Å²) in [6.07, 6.45) is 0.782. The monoisotopic (exact) mass is 368 g/mol. The van der Waals surface area contributed by atoms with E-state index in [1.54, 1.807) is 0 Å². The summed E-state index contributed by atoms with van der Waals surface area (Å²) in [7, 11) is 0. The van der Waals surface area contributed by atoms with E-state index in [2.05, 4.69) is 36.5 Å². The molecule has 112 valence electrons. The van der Waals surface area contributed by atoms with Crippen LogP contribution in [0.1, 0.15) is 25.2 Å². The number of aromatic nitrogens is 2. The zero-order valence-electron chi connectivity index (χ0n) is 12.3. The highest BCUT2D eigenvalue weighted by Crippen LogP contribution is 2.30. The maximum Gasteiger partial charge on any atom is 0.139 e. The van der Waals surface area contributed by atoms with Crippen molar-refractivity contribution in [3.63, 3.8) is 0 Å². The van der Waals surface area contributed by atoms with Gasteiger partial charge in [-0.2, -0.15) is 0 Å². The molecule has 2 aromatic rings. The highest BCUT2D eigenvalue weighted by atomic mass is 79.9. The third-order valence-corrected chi connectivity index (χ3v) is 3.96. The molecule has 0 aliphatic rings. The quantitative estimate of drug-likeness (QED) is 0.784. The van der Waals surface area contributed by atoms with Crippen molar-refractivity contribution in [2.75, 3.05) is 17.2 Å². The lowest BCUT2D eigenvalue weighted by atomic mass is 10.2. The molecule has 0 unspecified atom stereocenters. The van der Waals surface area contributed by atoms with Crippen LogP contribution >= 0.6 is 27.5 Å². The Bertz CT molecular complexity index is 646. The van der Waals surface area contributed by atoms with Gasteiger partial charge < -0.3 is 10.6 Å². The van der Waals surface area contributed by atoms with Crippen LogP contribution < -0.4 is 10.6 Å². The molecule has 1 aromatic heterocycles. The molecule has 21 heavy (non-hydrogen) atoms. The molecule has 0 saturated heterocycles. The third-order valence-electron chi connectivity index (χ3n) is 3.03. The van der Waals surface area contributed by atoms with Crippen LogP contribution in [0.15, 0.2) is 22.7 Å². The average Bonchev–Trinajstić information content (AvgIpc) is 2.47. The van der Waals surface area contributed by atoms with E-state index in [4.69, 9.17) is 11.6 Å². The smallest absolute Gasteiger partial charge is 0.139 e. The number of rotatable bonds is 5. The molecule has 1 heterocycles. The highest BCUT2D eigenvalue weighted by Gasteiger charge is 2.11. The van der Waals surface area contributed by atoms with E-state index in [9.17, 15) is 0 Å². The van der Waals surface area contributed by atoms with Crippen molar-refractivity contribution >= 4 is 44.9 Å². The molecule has 0 aliphatic carbocycles. The van der Waals surface area contributed by atoms with E-state index < -0.39 is 0 Å². The van der Waals surface area contributed by atoms with Crippen LogP contribution in [0.2, 0.25) is 5.02 Å². The van der Waals surface area contributed by atoms with Gasteiger partial charge in [-0.15, -0.1) is 0 Å². The van der Waals surface area contributed by atoms with E-state index >= 15 is 0 Å². The summed E-state index contributed by atoms with van der Waals surface area (Å²) in [5, 5.41) is 7.28. The first-order valence-electron chi connectivity index (χ1n) is 6.88. The van der Waals surface area contributed by atoms with E-state index in [1.807, 2.05) is 39.0 Å². The molecule has 4 nitrogen and oxygen atoms in total. The number of benzene rings is 1. The summed E-state index contributed by atoms with van der Waals surface area (Å²) in [6.45, 7) is 6.91. The number of nitrogens with one attached hydrogen (secondary N) is 2. The second-order valence-corrected chi connectivity index (χ2v) is 5.89. The summed E-state index contributed by atoms with van der Waals surface area (Å²) in [4.78, 5) is 9.10. The van der Waals surface area contributed by atoms with Gasteiger partial charge in [-0.3, -0.25) is 0 Å². The molecule has 0 radical (unpaired) electrons. The Kier molecular flexibility index (Phi) is 5.42. The third kappa shape index (κ3) is 3.86. The van der Waals surface area contributed by atoms with E-state index in [0.29, 0.717) is 5.02 Å². The van der Waals surface area contributed by atoms with Crippen molar-refractivity contribution in [3.8, 4) is 0 Å². The van der Waals surface area contributed by atoms with Crippen molar-refractivity contribution in [1.29, 1.82) is 0 Å². The van der Waals surface area contributed by atoms with Gasteiger partial charge in [-0.05, 0) is 48.0 Å². The number of nitrogens with zero attached hydrogens (tertiary/aromatic N) is 2. The van der Waals surface area contributed by atoms with Crippen molar-refractivity contribution in [1.82, 2.24) is 9.97 Å². The SMILES string of the molecule is CCNc1nc(CC)nc(Nc2cc(Cl)ccc2Br)c1C. The van der Waals surface area contributed by atoms with Crippen LogP contribution in [0.5, 0.6) is 0 Å². The molecule has 1 aromatic carbocycles. The Labute approximate surface area is 138 Å². The van der Waals surface area contributed by atoms with Gasteiger partial charge in [-0.25, -0.2) is 9.97 Å². The second kappa shape index (κ2) is 7.09. The largest absolute Gasteiger partial charge is 0.370 e. The molecule has 0 saturated carbocycles. The molecule has 0 amide bonds. The first kappa shape index (κ1) is 16.0. The molecular weight excluding hydrogens is 352 g/mol. The van der Waals surface area contributed by atoms with Gasteiger partial charge in [0.1, 0.15) is 17.5 Å². The predicted octanol–water partition coefficient (Wildman–Crippen LogP) is 4.94. The van der Waals surface area contributed by atoms with Gasteiger partial charge in [0.05, 0.1) is 5.69 Å². The van der Waals surface area contributed by atoms with Crippen LogP contribution in [0.3, 0.4) is 0 Å². The molecule has 0 bridgehead atoms. The fraction of sp³-hybridized carbons (Fsp3) is 0.333. The molecule has 0 spiro atoms. The van der Waals surface area contributed by atoms with Crippen LogP contribution in [-0.2, 0) is 6.42 Å². The van der Waals surface area contributed by atoms with Gasteiger partial charge in [0.2, 0.25) is 0 Å². The lowest BCUT2D eigenvalue weighted by Crippen LogP contribution is -2.09. The standard InChI is InChI=1S/C15H18BrClN4/c1-4-13-20-14(18-5-2)9(3)15(21-13)19-12-8-10(17)6-7-11(12)16/h6-8H,4-5H2,1-3H3,(H2,18,19,20,21). The van der Waals surface area contributed by atoms with Crippen molar-refractivity contribution in [2.45, 2.75) is 27.2 Å².